The molecule has 4 heterocycles. The number of aryl methyl sites for hydroxylation is 1. The average Bonchev–Trinajstić information content (AvgIpc) is 3.13. The van der Waals surface area contributed by atoms with Crippen molar-refractivity contribution in [2.45, 2.75) is 6.42 Å². The van der Waals surface area contributed by atoms with E-state index in [0.29, 0.717) is 0 Å². The Bertz CT molecular complexity index is 706. The first-order valence-corrected chi connectivity index (χ1v) is 9.25. The van der Waals surface area contributed by atoms with Crippen molar-refractivity contribution in [1.82, 2.24) is 29.9 Å². The fourth-order valence-electron chi connectivity index (χ4n) is 3.46. The van der Waals surface area contributed by atoms with Gasteiger partial charge in [0.25, 0.3) is 0 Å². The second-order valence-corrected chi connectivity index (χ2v) is 6.80. The summed E-state index contributed by atoms with van der Waals surface area (Å²) in [5, 5.41) is 8.15. The highest BCUT2D eigenvalue weighted by Gasteiger charge is 2.20. The number of aromatic nitrogens is 5. The van der Waals surface area contributed by atoms with Crippen LogP contribution in [0.2, 0.25) is 0 Å². The molecule has 140 valence electrons. The van der Waals surface area contributed by atoms with Gasteiger partial charge in [-0.15, -0.1) is 5.10 Å². The molecule has 9 nitrogen and oxygen atoms in total. The lowest BCUT2D eigenvalue weighted by molar-refractivity contribution is 0.122. The number of hydrogen-bond donors (Lipinski definition) is 0. The lowest BCUT2D eigenvalue weighted by Crippen LogP contribution is -2.47. The monoisotopic (exact) mass is 358 g/mol. The first-order valence-electron chi connectivity index (χ1n) is 9.25. The highest BCUT2D eigenvalue weighted by atomic mass is 16.5. The largest absolute Gasteiger partial charge is 0.378 e. The molecule has 0 unspecified atom stereocenters. The first-order chi connectivity index (χ1) is 12.8. The van der Waals surface area contributed by atoms with Crippen molar-refractivity contribution in [2.75, 3.05) is 68.8 Å². The van der Waals surface area contributed by atoms with Gasteiger partial charge in [0, 0.05) is 71.5 Å². The van der Waals surface area contributed by atoms with Crippen molar-refractivity contribution < 1.29 is 4.74 Å². The van der Waals surface area contributed by atoms with Gasteiger partial charge >= 0.3 is 0 Å². The van der Waals surface area contributed by atoms with E-state index in [0.717, 1.165) is 82.8 Å². The Morgan fingerprint density at radius 1 is 0.962 bits per heavy atom. The zero-order valence-corrected chi connectivity index (χ0v) is 15.3. The maximum Gasteiger partial charge on any atom is 0.134 e. The summed E-state index contributed by atoms with van der Waals surface area (Å²) < 4.78 is 7.18. The fourth-order valence-corrected chi connectivity index (χ4v) is 3.46. The minimum absolute atomic E-state index is 0.768. The van der Waals surface area contributed by atoms with Gasteiger partial charge < -0.3 is 14.5 Å². The van der Waals surface area contributed by atoms with E-state index >= 15 is 0 Å². The lowest BCUT2D eigenvalue weighted by Gasteiger charge is -2.35. The molecule has 0 spiro atoms. The van der Waals surface area contributed by atoms with Crippen LogP contribution in [-0.2, 0) is 18.2 Å². The molecular formula is C17H26N8O. The van der Waals surface area contributed by atoms with Crippen LogP contribution in [0.25, 0.3) is 0 Å². The van der Waals surface area contributed by atoms with Crippen molar-refractivity contribution in [1.29, 1.82) is 0 Å². The number of anilines is 2. The van der Waals surface area contributed by atoms with E-state index in [-0.39, 0.29) is 0 Å². The Morgan fingerprint density at radius 3 is 2.31 bits per heavy atom. The summed E-state index contributed by atoms with van der Waals surface area (Å²) in [6.07, 6.45) is 4.62. The molecule has 9 heteroatoms. The summed E-state index contributed by atoms with van der Waals surface area (Å²) in [7, 11) is 1.90. The van der Waals surface area contributed by atoms with Gasteiger partial charge in [-0.2, -0.15) is 0 Å². The quantitative estimate of drug-likeness (QED) is 0.728. The van der Waals surface area contributed by atoms with Crippen molar-refractivity contribution in [3.63, 3.8) is 0 Å². The second-order valence-electron chi connectivity index (χ2n) is 6.80. The van der Waals surface area contributed by atoms with Gasteiger partial charge in [0.05, 0.1) is 18.9 Å². The van der Waals surface area contributed by atoms with Crippen LogP contribution in [0.4, 0.5) is 11.6 Å². The topological polar surface area (TPSA) is 75.4 Å². The Balaban J connectivity index is 1.30. The van der Waals surface area contributed by atoms with Gasteiger partial charge in [-0.05, 0) is 0 Å². The Kier molecular flexibility index (Phi) is 5.26. The molecule has 0 radical (unpaired) electrons. The maximum absolute atomic E-state index is 5.43. The van der Waals surface area contributed by atoms with Crippen molar-refractivity contribution in [3.05, 3.63) is 24.3 Å². The van der Waals surface area contributed by atoms with Crippen molar-refractivity contribution >= 4 is 11.6 Å². The molecule has 0 atom stereocenters. The van der Waals surface area contributed by atoms with Gasteiger partial charge in [0.2, 0.25) is 0 Å². The lowest BCUT2D eigenvalue weighted by atomic mass is 10.2. The van der Waals surface area contributed by atoms with Gasteiger partial charge in [0.15, 0.2) is 0 Å². The molecule has 2 aliphatic rings. The van der Waals surface area contributed by atoms with Crippen molar-refractivity contribution in [2.24, 2.45) is 7.05 Å². The predicted molar refractivity (Wildman–Crippen MR) is 98.4 cm³/mol. The average molecular weight is 358 g/mol. The van der Waals surface area contributed by atoms with Crippen LogP contribution in [-0.4, -0.2) is 88.9 Å². The molecule has 2 aromatic heterocycles. The van der Waals surface area contributed by atoms with Gasteiger partial charge in [-0.25, -0.2) is 9.97 Å². The summed E-state index contributed by atoms with van der Waals surface area (Å²) in [5.74, 6) is 2.03. The predicted octanol–water partition coefficient (Wildman–Crippen LogP) is -0.194. The molecule has 2 aliphatic heterocycles. The van der Waals surface area contributed by atoms with Gasteiger partial charge in [0.1, 0.15) is 18.0 Å². The van der Waals surface area contributed by atoms with Crippen LogP contribution in [0.1, 0.15) is 5.69 Å². The molecule has 0 bridgehead atoms. The van der Waals surface area contributed by atoms with E-state index in [9.17, 15) is 0 Å². The minimum Gasteiger partial charge on any atom is -0.378 e. The van der Waals surface area contributed by atoms with Gasteiger partial charge in [-0.3, -0.25) is 9.58 Å². The van der Waals surface area contributed by atoms with Crippen LogP contribution in [0, 0.1) is 0 Å². The first kappa shape index (κ1) is 17.2. The smallest absolute Gasteiger partial charge is 0.134 e. The molecular weight excluding hydrogens is 332 g/mol. The molecule has 2 saturated heterocycles. The molecule has 2 aromatic rings. The van der Waals surface area contributed by atoms with E-state index < -0.39 is 0 Å². The van der Waals surface area contributed by atoms with E-state index in [1.165, 1.54) is 0 Å². The SMILES string of the molecule is Cn1cc(CCN2CCN(c3cc(N4CCOCC4)ncn3)CC2)nn1. The Labute approximate surface area is 153 Å². The fraction of sp³-hybridized carbons (Fsp3) is 0.647. The Morgan fingerprint density at radius 2 is 1.65 bits per heavy atom. The molecule has 26 heavy (non-hydrogen) atoms. The summed E-state index contributed by atoms with van der Waals surface area (Å²) in [6, 6.07) is 2.11. The highest BCUT2D eigenvalue weighted by molar-refractivity contribution is 5.50. The molecule has 0 N–H and O–H groups in total. The number of ether oxygens (including phenoxy) is 1. The third-order valence-corrected chi connectivity index (χ3v) is 5.00. The normalized spacial score (nSPS) is 19.1. The maximum atomic E-state index is 5.43. The number of piperazine rings is 1. The number of morpholine rings is 1. The third-order valence-electron chi connectivity index (χ3n) is 5.00. The summed E-state index contributed by atoms with van der Waals surface area (Å²) in [5.41, 5.74) is 1.06. The van der Waals surface area contributed by atoms with Crippen molar-refractivity contribution in [3.8, 4) is 0 Å². The highest BCUT2D eigenvalue weighted by Crippen LogP contribution is 2.19. The summed E-state index contributed by atoms with van der Waals surface area (Å²) >= 11 is 0. The van der Waals surface area contributed by atoms with Crippen LogP contribution >= 0.6 is 0 Å². The molecule has 0 saturated carbocycles. The van der Waals surface area contributed by atoms with Gasteiger partial charge in [-0.1, -0.05) is 5.21 Å². The van der Waals surface area contributed by atoms with E-state index in [2.05, 4.69) is 41.0 Å². The molecule has 2 fully saturated rings. The van der Waals surface area contributed by atoms with Crippen LogP contribution in [0.3, 0.4) is 0 Å². The van der Waals surface area contributed by atoms with E-state index in [1.807, 2.05) is 13.2 Å². The van der Waals surface area contributed by atoms with E-state index in [1.54, 1.807) is 11.0 Å². The zero-order chi connectivity index (χ0) is 17.8. The van der Waals surface area contributed by atoms with E-state index in [4.69, 9.17) is 4.74 Å². The number of rotatable bonds is 5. The molecule has 0 amide bonds. The molecule has 4 rings (SSSR count). The van der Waals surface area contributed by atoms with Crippen LogP contribution < -0.4 is 9.80 Å². The summed E-state index contributed by atoms with van der Waals surface area (Å²) in [4.78, 5) is 16.0. The second kappa shape index (κ2) is 7.96. The standard InChI is InChI=1S/C17H26N8O/c1-22-13-15(20-21-22)2-3-23-4-6-24(7-5-23)16-12-17(19-14-18-16)25-8-10-26-11-9-25/h12-14H,2-11H2,1H3. The van der Waals surface area contributed by atoms with Crippen LogP contribution in [0.5, 0.6) is 0 Å². The molecule has 0 aromatic carbocycles. The summed E-state index contributed by atoms with van der Waals surface area (Å²) in [6.45, 7) is 8.40. The minimum atomic E-state index is 0.768. The zero-order valence-electron chi connectivity index (χ0n) is 15.3. The number of hydrogen-bond acceptors (Lipinski definition) is 8. The molecule has 0 aliphatic carbocycles. The third kappa shape index (κ3) is 4.10. The Hall–Kier alpha value is -2.26. The van der Waals surface area contributed by atoms with Crippen LogP contribution in [0.15, 0.2) is 18.6 Å². The number of nitrogens with zero attached hydrogens (tertiary/aromatic N) is 8.